The molecule has 2 fully saturated rings. The molecule has 0 saturated carbocycles. The van der Waals surface area contributed by atoms with Gasteiger partial charge in [0.1, 0.15) is 0 Å². The lowest BCUT2D eigenvalue weighted by atomic mass is 9.98. The Bertz CT molecular complexity index is 367. The van der Waals surface area contributed by atoms with E-state index in [2.05, 4.69) is 20.4 Å². The minimum atomic E-state index is 0.472. The zero-order valence-corrected chi connectivity index (χ0v) is 10.9. The van der Waals surface area contributed by atoms with Crippen molar-refractivity contribution in [2.24, 2.45) is 0 Å². The van der Waals surface area contributed by atoms with E-state index in [9.17, 15) is 0 Å². The van der Waals surface area contributed by atoms with Gasteiger partial charge in [-0.25, -0.2) is 0 Å². The normalized spacial score (nSPS) is 22.7. The van der Waals surface area contributed by atoms with Gasteiger partial charge in [0, 0.05) is 18.9 Å². The highest BCUT2D eigenvalue weighted by atomic mass is 16.5. The summed E-state index contributed by atoms with van der Waals surface area (Å²) in [6, 6.07) is 0. The molecular weight excluding hydrogens is 228 g/mol. The van der Waals surface area contributed by atoms with Gasteiger partial charge in [-0.05, 0) is 51.9 Å². The van der Waals surface area contributed by atoms with Crippen molar-refractivity contribution in [1.82, 2.24) is 20.4 Å². The van der Waals surface area contributed by atoms with Gasteiger partial charge in [0.05, 0.1) is 0 Å². The molecule has 0 radical (unpaired) electrons. The van der Waals surface area contributed by atoms with Gasteiger partial charge >= 0.3 is 0 Å². The molecule has 5 nitrogen and oxygen atoms in total. The highest BCUT2D eigenvalue weighted by molar-refractivity contribution is 4.96. The average Bonchev–Trinajstić information content (AvgIpc) is 3.09. The monoisotopic (exact) mass is 250 g/mol. The highest BCUT2D eigenvalue weighted by Gasteiger charge is 2.21. The van der Waals surface area contributed by atoms with Crippen LogP contribution in [0.15, 0.2) is 4.52 Å². The van der Waals surface area contributed by atoms with E-state index < -0.39 is 0 Å². The first kappa shape index (κ1) is 12.1. The van der Waals surface area contributed by atoms with Gasteiger partial charge in [-0.1, -0.05) is 5.16 Å². The van der Waals surface area contributed by atoms with Gasteiger partial charge in [0.2, 0.25) is 5.89 Å². The number of piperidine rings is 1. The van der Waals surface area contributed by atoms with Crippen LogP contribution in [0.3, 0.4) is 0 Å². The molecule has 2 aliphatic heterocycles. The first-order chi connectivity index (χ1) is 8.92. The van der Waals surface area contributed by atoms with E-state index in [1.54, 1.807) is 0 Å². The fourth-order valence-corrected chi connectivity index (χ4v) is 2.87. The molecule has 18 heavy (non-hydrogen) atoms. The number of likely N-dealkylation sites (tertiary alicyclic amines) is 1. The number of aromatic nitrogens is 2. The third kappa shape index (κ3) is 2.90. The van der Waals surface area contributed by atoms with Crippen LogP contribution in [0, 0.1) is 0 Å². The highest BCUT2D eigenvalue weighted by Crippen LogP contribution is 2.23. The van der Waals surface area contributed by atoms with Crippen molar-refractivity contribution in [2.45, 2.75) is 38.0 Å². The summed E-state index contributed by atoms with van der Waals surface area (Å²) in [5.41, 5.74) is 0. The standard InChI is InChI=1S/C13H22N4O/c1-2-9-17(8-1)10-5-12-15-13(18-16-12)11-3-6-14-7-4-11/h11,14H,1-10H2. The second-order valence-corrected chi connectivity index (χ2v) is 5.37. The van der Waals surface area contributed by atoms with Crippen LogP contribution in [0.2, 0.25) is 0 Å². The molecule has 0 unspecified atom stereocenters. The van der Waals surface area contributed by atoms with E-state index in [0.717, 1.165) is 50.6 Å². The zero-order chi connectivity index (χ0) is 12.2. The molecule has 1 aromatic rings. The maximum absolute atomic E-state index is 5.41. The van der Waals surface area contributed by atoms with Crippen molar-refractivity contribution < 1.29 is 4.52 Å². The van der Waals surface area contributed by atoms with Gasteiger partial charge in [0.25, 0.3) is 0 Å². The number of nitrogens with zero attached hydrogens (tertiary/aromatic N) is 3. The topological polar surface area (TPSA) is 54.2 Å². The maximum atomic E-state index is 5.41. The van der Waals surface area contributed by atoms with Crippen molar-refractivity contribution in [3.63, 3.8) is 0 Å². The summed E-state index contributed by atoms with van der Waals surface area (Å²) in [6.45, 7) is 5.68. The molecule has 100 valence electrons. The lowest BCUT2D eigenvalue weighted by molar-refractivity contribution is 0.313. The summed E-state index contributed by atoms with van der Waals surface area (Å²) in [5.74, 6) is 2.21. The van der Waals surface area contributed by atoms with Gasteiger partial charge in [0.15, 0.2) is 5.82 Å². The summed E-state index contributed by atoms with van der Waals surface area (Å²) in [4.78, 5) is 7.05. The minimum absolute atomic E-state index is 0.472. The molecule has 1 aromatic heterocycles. The van der Waals surface area contributed by atoms with Crippen molar-refractivity contribution in [2.75, 3.05) is 32.7 Å². The summed E-state index contributed by atoms with van der Waals surface area (Å²) in [6.07, 6.45) is 5.84. The molecule has 0 amide bonds. The second-order valence-electron chi connectivity index (χ2n) is 5.37. The molecule has 0 spiro atoms. The van der Waals surface area contributed by atoms with E-state index in [4.69, 9.17) is 4.52 Å². The molecular formula is C13H22N4O. The third-order valence-corrected chi connectivity index (χ3v) is 4.02. The molecule has 3 rings (SSSR count). The van der Waals surface area contributed by atoms with E-state index in [-0.39, 0.29) is 0 Å². The van der Waals surface area contributed by atoms with E-state index in [0.29, 0.717) is 5.92 Å². The van der Waals surface area contributed by atoms with Crippen molar-refractivity contribution in [1.29, 1.82) is 0 Å². The van der Waals surface area contributed by atoms with Crippen molar-refractivity contribution >= 4 is 0 Å². The summed E-state index contributed by atoms with van der Waals surface area (Å²) >= 11 is 0. The molecule has 3 heterocycles. The number of rotatable bonds is 4. The Balaban J connectivity index is 1.52. The fourth-order valence-electron chi connectivity index (χ4n) is 2.87. The molecule has 0 aliphatic carbocycles. The van der Waals surface area contributed by atoms with Crippen molar-refractivity contribution in [3.05, 3.63) is 11.7 Å². The van der Waals surface area contributed by atoms with Crippen LogP contribution in [-0.4, -0.2) is 47.8 Å². The van der Waals surface area contributed by atoms with Crippen LogP contribution < -0.4 is 5.32 Å². The fraction of sp³-hybridized carbons (Fsp3) is 0.846. The largest absolute Gasteiger partial charge is 0.339 e. The summed E-state index contributed by atoms with van der Waals surface area (Å²) in [5, 5.41) is 7.48. The van der Waals surface area contributed by atoms with Gasteiger partial charge in [-0.2, -0.15) is 4.98 Å². The number of hydrogen-bond acceptors (Lipinski definition) is 5. The first-order valence-corrected chi connectivity index (χ1v) is 7.17. The summed E-state index contributed by atoms with van der Waals surface area (Å²) in [7, 11) is 0. The number of nitrogens with one attached hydrogen (secondary N) is 1. The predicted octanol–water partition coefficient (Wildman–Crippen LogP) is 1.17. The third-order valence-electron chi connectivity index (χ3n) is 4.02. The predicted molar refractivity (Wildman–Crippen MR) is 68.5 cm³/mol. The Morgan fingerprint density at radius 3 is 2.78 bits per heavy atom. The lowest BCUT2D eigenvalue weighted by Gasteiger charge is -2.18. The lowest BCUT2D eigenvalue weighted by Crippen LogP contribution is -2.26. The molecule has 1 N–H and O–H groups in total. The van der Waals surface area contributed by atoms with E-state index in [1.807, 2.05) is 0 Å². The van der Waals surface area contributed by atoms with Crippen LogP contribution in [-0.2, 0) is 6.42 Å². The Labute approximate surface area is 108 Å². The maximum Gasteiger partial charge on any atom is 0.229 e. The molecule has 0 atom stereocenters. The molecule has 5 heteroatoms. The Morgan fingerprint density at radius 2 is 2.00 bits per heavy atom. The Morgan fingerprint density at radius 1 is 1.22 bits per heavy atom. The van der Waals surface area contributed by atoms with Crippen LogP contribution in [0.25, 0.3) is 0 Å². The number of hydrogen-bond donors (Lipinski definition) is 1. The summed E-state index contributed by atoms with van der Waals surface area (Å²) < 4.78 is 5.41. The van der Waals surface area contributed by atoms with E-state index >= 15 is 0 Å². The quantitative estimate of drug-likeness (QED) is 0.869. The van der Waals surface area contributed by atoms with Crippen LogP contribution in [0.1, 0.15) is 43.3 Å². The first-order valence-electron chi connectivity index (χ1n) is 7.17. The molecule has 0 aromatic carbocycles. The minimum Gasteiger partial charge on any atom is -0.339 e. The molecule has 2 aliphatic rings. The SMILES string of the molecule is C1CCN(CCc2noc(C3CCNCC3)n2)C1. The zero-order valence-electron chi connectivity index (χ0n) is 10.9. The van der Waals surface area contributed by atoms with Crippen LogP contribution in [0.4, 0.5) is 0 Å². The van der Waals surface area contributed by atoms with Gasteiger partial charge in [-0.15, -0.1) is 0 Å². The molecule has 0 bridgehead atoms. The van der Waals surface area contributed by atoms with Crippen LogP contribution in [0.5, 0.6) is 0 Å². The molecule has 2 saturated heterocycles. The Hall–Kier alpha value is -0.940. The van der Waals surface area contributed by atoms with Crippen molar-refractivity contribution in [3.8, 4) is 0 Å². The second kappa shape index (κ2) is 5.80. The van der Waals surface area contributed by atoms with Gasteiger partial charge in [-0.3, -0.25) is 0 Å². The average molecular weight is 250 g/mol. The van der Waals surface area contributed by atoms with E-state index in [1.165, 1.54) is 25.9 Å². The Kier molecular flexibility index (Phi) is 3.90. The smallest absolute Gasteiger partial charge is 0.229 e. The van der Waals surface area contributed by atoms with Crippen LogP contribution >= 0.6 is 0 Å². The van der Waals surface area contributed by atoms with Gasteiger partial charge < -0.3 is 14.7 Å².